The number of para-hydroxylation sites is 1. The summed E-state index contributed by atoms with van der Waals surface area (Å²) in [7, 11) is 4.74. The van der Waals surface area contributed by atoms with Crippen molar-refractivity contribution in [3.05, 3.63) is 54.1 Å². The van der Waals surface area contributed by atoms with Gasteiger partial charge in [0.15, 0.2) is 11.5 Å². The van der Waals surface area contributed by atoms with Gasteiger partial charge in [0.2, 0.25) is 5.91 Å². The van der Waals surface area contributed by atoms with Crippen molar-refractivity contribution in [2.45, 2.75) is 0 Å². The second-order valence-electron chi connectivity index (χ2n) is 6.43. The van der Waals surface area contributed by atoms with Crippen LogP contribution < -0.4 is 19.1 Å². The van der Waals surface area contributed by atoms with Gasteiger partial charge in [0.1, 0.15) is 5.75 Å². The van der Waals surface area contributed by atoms with Crippen LogP contribution in [0.1, 0.15) is 5.56 Å². The lowest BCUT2D eigenvalue weighted by molar-refractivity contribution is -0.126. The lowest BCUT2D eigenvalue weighted by Gasteiger charge is -2.35. The van der Waals surface area contributed by atoms with Gasteiger partial charge in [-0.25, -0.2) is 0 Å². The summed E-state index contributed by atoms with van der Waals surface area (Å²) in [5, 5.41) is 0. The zero-order valence-electron chi connectivity index (χ0n) is 16.6. The molecule has 148 valence electrons. The highest BCUT2D eigenvalue weighted by molar-refractivity contribution is 5.92. The van der Waals surface area contributed by atoms with Crippen LogP contribution in [0.2, 0.25) is 0 Å². The largest absolute Gasteiger partial charge is 0.496 e. The number of anilines is 1. The summed E-state index contributed by atoms with van der Waals surface area (Å²) in [5.41, 5.74) is 1.96. The average Bonchev–Trinajstić information content (AvgIpc) is 2.77. The van der Waals surface area contributed by atoms with Gasteiger partial charge < -0.3 is 24.0 Å². The van der Waals surface area contributed by atoms with E-state index in [4.69, 9.17) is 14.2 Å². The number of nitrogens with zero attached hydrogens (tertiary/aromatic N) is 2. The molecular weight excluding hydrogens is 356 g/mol. The monoisotopic (exact) mass is 382 g/mol. The Bertz CT molecular complexity index is 828. The molecule has 1 fully saturated rings. The molecule has 0 aromatic heterocycles. The van der Waals surface area contributed by atoms with E-state index in [1.165, 1.54) is 5.69 Å². The van der Waals surface area contributed by atoms with E-state index < -0.39 is 0 Å². The Morgan fingerprint density at radius 2 is 1.46 bits per heavy atom. The topological polar surface area (TPSA) is 51.2 Å². The Morgan fingerprint density at radius 1 is 0.857 bits per heavy atom. The maximum Gasteiger partial charge on any atom is 0.246 e. The molecule has 0 N–H and O–H groups in total. The molecule has 2 aromatic carbocycles. The van der Waals surface area contributed by atoms with Crippen molar-refractivity contribution >= 4 is 17.7 Å². The van der Waals surface area contributed by atoms with E-state index in [0.29, 0.717) is 30.3 Å². The highest BCUT2D eigenvalue weighted by Crippen LogP contribution is 2.35. The van der Waals surface area contributed by atoms with E-state index in [0.717, 1.165) is 18.7 Å². The van der Waals surface area contributed by atoms with Crippen LogP contribution in [-0.4, -0.2) is 58.3 Å². The molecule has 6 heteroatoms. The quantitative estimate of drug-likeness (QED) is 0.719. The van der Waals surface area contributed by atoms with E-state index in [1.54, 1.807) is 45.6 Å². The van der Waals surface area contributed by atoms with Crippen molar-refractivity contribution in [1.29, 1.82) is 0 Å². The molecule has 1 heterocycles. The van der Waals surface area contributed by atoms with E-state index >= 15 is 0 Å². The number of amides is 1. The molecule has 0 aliphatic carbocycles. The highest BCUT2D eigenvalue weighted by atomic mass is 16.5. The van der Waals surface area contributed by atoms with Crippen LogP contribution >= 0.6 is 0 Å². The van der Waals surface area contributed by atoms with E-state index in [2.05, 4.69) is 17.0 Å². The normalized spacial score (nSPS) is 14.2. The van der Waals surface area contributed by atoms with Crippen LogP contribution in [0.4, 0.5) is 5.69 Å². The van der Waals surface area contributed by atoms with Crippen LogP contribution in [0.5, 0.6) is 17.2 Å². The lowest BCUT2D eigenvalue weighted by atomic mass is 10.1. The van der Waals surface area contributed by atoms with Gasteiger partial charge in [0.05, 0.1) is 21.3 Å². The second-order valence-corrected chi connectivity index (χ2v) is 6.43. The highest BCUT2D eigenvalue weighted by Gasteiger charge is 2.20. The molecule has 6 nitrogen and oxygen atoms in total. The Labute approximate surface area is 165 Å². The van der Waals surface area contributed by atoms with Crippen molar-refractivity contribution in [2.24, 2.45) is 0 Å². The van der Waals surface area contributed by atoms with Gasteiger partial charge >= 0.3 is 0 Å². The van der Waals surface area contributed by atoms with Crippen LogP contribution in [0.3, 0.4) is 0 Å². The molecule has 0 unspecified atom stereocenters. The molecule has 0 spiro atoms. The first-order valence-electron chi connectivity index (χ1n) is 9.23. The van der Waals surface area contributed by atoms with Crippen LogP contribution in [0.15, 0.2) is 48.5 Å². The third-order valence-electron chi connectivity index (χ3n) is 4.85. The second kappa shape index (κ2) is 9.17. The molecule has 1 aliphatic heterocycles. The summed E-state index contributed by atoms with van der Waals surface area (Å²) in [6.07, 6.45) is 3.34. The minimum Gasteiger partial charge on any atom is -0.496 e. The Balaban J connectivity index is 1.66. The predicted octanol–water partition coefficient (Wildman–Crippen LogP) is 3.07. The van der Waals surface area contributed by atoms with Gasteiger partial charge in [-0.2, -0.15) is 0 Å². The van der Waals surface area contributed by atoms with Gasteiger partial charge in [-0.05, 0) is 24.3 Å². The number of ether oxygens (including phenoxy) is 3. The molecule has 0 saturated carbocycles. The number of carbonyl (C=O) groups excluding carboxylic acids is 1. The van der Waals surface area contributed by atoms with E-state index in [-0.39, 0.29) is 5.91 Å². The molecule has 0 bridgehead atoms. The molecular formula is C22H26N2O4. The standard InChI is InChI=1S/C22H26N2O4/c1-26-19-16-21(28-3)20(27-2)15-17(19)9-10-22(25)24-13-11-23(12-14-24)18-7-5-4-6-8-18/h4-10,15-16H,11-14H2,1-3H3/b10-9+. The third kappa shape index (κ3) is 4.39. The Kier molecular flexibility index (Phi) is 6.42. The van der Waals surface area contributed by atoms with Crippen molar-refractivity contribution in [3.8, 4) is 17.2 Å². The first-order chi connectivity index (χ1) is 13.7. The summed E-state index contributed by atoms with van der Waals surface area (Å²) in [6, 6.07) is 13.8. The molecule has 1 saturated heterocycles. The third-order valence-corrected chi connectivity index (χ3v) is 4.85. The van der Waals surface area contributed by atoms with Crippen molar-refractivity contribution in [3.63, 3.8) is 0 Å². The van der Waals surface area contributed by atoms with Gasteiger partial charge in [0, 0.05) is 49.6 Å². The van der Waals surface area contributed by atoms with Gasteiger partial charge in [0.25, 0.3) is 0 Å². The average molecular weight is 382 g/mol. The molecule has 3 rings (SSSR count). The fourth-order valence-corrected chi connectivity index (χ4v) is 3.27. The van der Waals surface area contributed by atoms with Crippen molar-refractivity contribution in [1.82, 2.24) is 4.90 Å². The summed E-state index contributed by atoms with van der Waals surface area (Å²) in [6.45, 7) is 3.04. The fraction of sp³-hybridized carbons (Fsp3) is 0.318. The van der Waals surface area contributed by atoms with Crippen LogP contribution in [0, 0.1) is 0 Å². The molecule has 1 amide bonds. The van der Waals surface area contributed by atoms with Crippen LogP contribution in [0.25, 0.3) is 6.08 Å². The van der Waals surface area contributed by atoms with Crippen molar-refractivity contribution < 1.29 is 19.0 Å². The number of carbonyl (C=O) groups is 1. The minimum absolute atomic E-state index is 0.00968. The molecule has 0 atom stereocenters. The SMILES string of the molecule is COc1cc(OC)c(OC)cc1/C=C/C(=O)N1CCN(c2ccccc2)CC1. The summed E-state index contributed by atoms with van der Waals surface area (Å²) in [4.78, 5) is 16.8. The Hall–Kier alpha value is -3.15. The van der Waals surface area contributed by atoms with Gasteiger partial charge in [-0.15, -0.1) is 0 Å². The zero-order chi connectivity index (χ0) is 19.9. The summed E-state index contributed by atoms with van der Waals surface area (Å²) in [5.74, 6) is 1.78. The number of benzene rings is 2. The Morgan fingerprint density at radius 3 is 2.07 bits per heavy atom. The first-order valence-corrected chi connectivity index (χ1v) is 9.23. The molecule has 1 aliphatic rings. The number of hydrogen-bond acceptors (Lipinski definition) is 5. The molecule has 0 radical (unpaired) electrons. The van der Waals surface area contributed by atoms with Gasteiger partial charge in [-0.3, -0.25) is 4.79 Å². The fourth-order valence-electron chi connectivity index (χ4n) is 3.27. The maximum absolute atomic E-state index is 12.6. The first kappa shape index (κ1) is 19.6. The number of hydrogen-bond donors (Lipinski definition) is 0. The summed E-state index contributed by atoms with van der Waals surface area (Å²) >= 11 is 0. The number of methoxy groups -OCH3 is 3. The zero-order valence-corrected chi connectivity index (χ0v) is 16.6. The predicted molar refractivity (Wildman–Crippen MR) is 110 cm³/mol. The van der Waals surface area contributed by atoms with Crippen LogP contribution in [-0.2, 0) is 4.79 Å². The summed E-state index contributed by atoms with van der Waals surface area (Å²) < 4.78 is 16.0. The van der Waals surface area contributed by atoms with E-state index in [9.17, 15) is 4.79 Å². The smallest absolute Gasteiger partial charge is 0.246 e. The maximum atomic E-state index is 12.6. The number of rotatable bonds is 6. The van der Waals surface area contributed by atoms with Crippen molar-refractivity contribution in [2.75, 3.05) is 52.4 Å². The lowest BCUT2D eigenvalue weighted by Crippen LogP contribution is -2.48. The van der Waals surface area contributed by atoms with Gasteiger partial charge in [-0.1, -0.05) is 18.2 Å². The molecule has 28 heavy (non-hydrogen) atoms. The molecule has 2 aromatic rings. The number of piperazine rings is 1. The minimum atomic E-state index is -0.00968. The van der Waals surface area contributed by atoms with E-state index in [1.807, 2.05) is 23.1 Å².